The van der Waals surface area contributed by atoms with Gasteiger partial charge in [-0.05, 0) is 191 Å². The molecule has 550 valence electrons. The summed E-state index contributed by atoms with van der Waals surface area (Å²) >= 11 is 5.80. The summed E-state index contributed by atoms with van der Waals surface area (Å²) in [5, 5.41) is 9.64. The van der Waals surface area contributed by atoms with E-state index in [1.807, 2.05) is 152 Å². The number of nitrogens with one attached hydrogen (secondary N) is 3. The molecule has 11 rings (SSSR count). The molecular weight excluding hydrogens is 1350 g/mol. The second-order valence-corrected chi connectivity index (χ2v) is 28.7. The number of hydrogen-bond acceptors (Lipinski definition) is 15. The SMILES string of the molecule is CC(=O)C(C)(C)COc1ccc(-c2ccc3c(C(=O)Nc4ccccc4)cc(C)nc3c2)cn1.CC(=O)C(C)(C)COc1ccc(-c2ccc3c(c2)O[C@H](C)CN3C(=O)Nc2ccc(Cl)cc2F)cn1.CCCCCCNC(=O)N1CC(CC)Oc2cc(-c3ccc(OCC(C)(C)C(C)=O)nc3)ccc21. The first-order chi connectivity index (χ1) is 50.0. The number of unbranched alkanes of at least 4 members (excludes halogenated alkanes) is 3. The summed E-state index contributed by atoms with van der Waals surface area (Å²) in [6.45, 7) is 26.0. The highest BCUT2D eigenvalue weighted by Crippen LogP contribution is 2.40. The average molecular weight is 1450 g/mol. The van der Waals surface area contributed by atoms with Crippen LogP contribution >= 0.6 is 11.6 Å². The predicted molar refractivity (Wildman–Crippen MR) is 411 cm³/mol. The van der Waals surface area contributed by atoms with Crippen LogP contribution in [0.25, 0.3) is 44.3 Å². The van der Waals surface area contributed by atoms with Gasteiger partial charge in [0.15, 0.2) is 0 Å². The third kappa shape index (κ3) is 21.0. The van der Waals surface area contributed by atoms with Crippen LogP contribution in [0.3, 0.4) is 0 Å². The number of nitrogens with zero attached hydrogens (tertiary/aromatic N) is 6. The van der Waals surface area contributed by atoms with Crippen molar-refractivity contribution < 1.29 is 56.8 Å². The monoisotopic (exact) mass is 1450 g/mol. The van der Waals surface area contributed by atoms with Crippen molar-refractivity contribution in [2.75, 3.05) is 59.9 Å². The van der Waals surface area contributed by atoms with E-state index in [4.69, 9.17) is 35.3 Å². The number of anilines is 4. The van der Waals surface area contributed by atoms with Gasteiger partial charge in [-0.2, -0.15) is 0 Å². The Balaban J connectivity index is 0.000000182. The molecule has 2 aliphatic heterocycles. The topological polar surface area (TPSA) is 243 Å². The first-order valence-electron chi connectivity index (χ1n) is 35.3. The van der Waals surface area contributed by atoms with Crippen molar-refractivity contribution >= 4 is 80.6 Å². The zero-order chi connectivity index (χ0) is 75.8. The lowest BCUT2D eigenvalue weighted by molar-refractivity contribution is -0.127. The van der Waals surface area contributed by atoms with Crippen LogP contribution in [-0.4, -0.2) is 107 Å². The third-order valence-electron chi connectivity index (χ3n) is 18.4. The maximum Gasteiger partial charge on any atom is 0.326 e. The standard InChI is InChI=1S/C28H39N3O4.C28H27N3O3.C27H27ClFN3O4/c1-6-8-9-10-15-29-27(33)31-18-23(7-2)35-25-16-21(11-13-24(25)31)22-12-14-26(30-17-22)34-19-28(4,5)20(3)32;1-18-14-24(27(33)31-22-8-6-5-7-9-22)23-12-10-20(15-25(23)30-18)21-11-13-26(29-16-21)34-17-28(3,4)19(2)32;1-16-14-32(26(34)31-22-8-7-20(28)12-21(22)29)23-9-5-18(11-24(23)36-16)19-6-10-25(30-13-19)35-15-27(3,4)17(2)33/h11-14,16-17,23H,6-10,15,18-19H2,1-5H3,(H,29,33);5-16H,17H2,1-4H3,(H,31,33);5-13,16H,14-15H2,1-4H3,(H,31,34)/t;;16-/m..1/s1. The Bertz CT molecular complexity index is 4560. The molecule has 0 saturated carbocycles. The van der Waals surface area contributed by atoms with E-state index in [1.165, 1.54) is 29.9 Å². The maximum absolute atomic E-state index is 14.2. The Morgan fingerprint density at radius 1 is 0.562 bits per heavy atom. The van der Waals surface area contributed by atoms with Gasteiger partial charge in [0.1, 0.15) is 66.7 Å². The van der Waals surface area contributed by atoms with Gasteiger partial charge >= 0.3 is 12.1 Å². The van der Waals surface area contributed by atoms with Gasteiger partial charge in [0.05, 0.1) is 57.5 Å². The molecule has 4 aromatic heterocycles. The summed E-state index contributed by atoms with van der Waals surface area (Å²) in [4.78, 5) is 95.1. The molecule has 0 bridgehead atoms. The summed E-state index contributed by atoms with van der Waals surface area (Å²) in [6.07, 6.45) is 10.1. The molecule has 6 heterocycles. The number of carbonyl (C=O) groups is 6. The van der Waals surface area contributed by atoms with Crippen LogP contribution in [0.2, 0.25) is 5.02 Å². The van der Waals surface area contributed by atoms with E-state index in [9.17, 15) is 33.2 Å². The Morgan fingerprint density at radius 2 is 1.06 bits per heavy atom. The molecule has 2 atom stereocenters. The molecule has 0 aliphatic carbocycles. The number of urea groups is 2. The van der Waals surface area contributed by atoms with E-state index in [-0.39, 0.29) is 72.0 Å². The number of pyridine rings is 4. The minimum absolute atomic E-state index is 0.0433. The van der Waals surface area contributed by atoms with Crippen molar-refractivity contribution in [2.45, 2.75) is 134 Å². The molecule has 2 aliphatic rings. The van der Waals surface area contributed by atoms with Gasteiger partial charge in [-0.25, -0.2) is 28.9 Å². The highest BCUT2D eigenvalue weighted by atomic mass is 35.5. The van der Waals surface area contributed by atoms with E-state index >= 15 is 0 Å². The molecule has 0 saturated heterocycles. The molecule has 1 unspecified atom stereocenters. The lowest BCUT2D eigenvalue weighted by Gasteiger charge is -2.35. The molecule has 0 radical (unpaired) electrons. The maximum atomic E-state index is 14.2. The zero-order valence-electron chi connectivity index (χ0n) is 62.0. The number of para-hydroxylation sites is 1. The summed E-state index contributed by atoms with van der Waals surface area (Å²) in [5.41, 5.74) is 7.87. The normalized spacial score (nSPS) is 13.9. The number of aryl methyl sites for hydroxylation is 1. The van der Waals surface area contributed by atoms with Crippen molar-refractivity contribution in [3.63, 3.8) is 0 Å². The number of benzene rings is 5. The second-order valence-electron chi connectivity index (χ2n) is 28.2. The number of amides is 5. The molecule has 20 nitrogen and oxygen atoms in total. The first kappa shape index (κ1) is 78.3. The Kier molecular flexibility index (Phi) is 26.2. The number of aromatic nitrogens is 4. The van der Waals surface area contributed by atoms with Crippen molar-refractivity contribution in [2.24, 2.45) is 16.2 Å². The predicted octanol–water partition coefficient (Wildman–Crippen LogP) is 18.2. The van der Waals surface area contributed by atoms with Crippen LogP contribution in [0.15, 0.2) is 164 Å². The number of ether oxygens (including phenoxy) is 5. The Hall–Kier alpha value is -10.8. The van der Waals surface area contributed by atoms with Gasteiger partial charge in [0, 0.05) is 81.8 Å². The van der Waals surface area contributed by atoms with E-state index in [1.54, 1.807) is 74.6 Å². The number of ketones is 3. The highest BCUT2D eigenvalue weighted by molar-refractivity contribution is 6.30. The minimum atomic E-state index is -0.613. The highest BCUT2D eigenvalue weighted by Gasteiger charge is 2.32. The molecule has 5 amide bonds. The molecule has 22 heteroatoms. The molecule has 0 spiro atoms. The number of hydrogen-bond donors (Lipinski definition) is 3. The van der Waals surface area contributed by atoms with E-state index in [0.29, 0.717) is 60.0 Å². The Morgan fingerprint density at radius 3 is 1.54 bits per heavy atom. The van der Waals surface area contributed by atoms with Gasteiger partial charge < -0.3 is 39.6 Å². The molecular formula is C83H93ClFN9O11. The summed E-state index contributed by atoms with van der Waals surface area (Å²) < 4.78 is 43.5. The van der Waals surface area contributed by atoms with Crippen LogP contribution in [0, 0.1) is 29.0 Å². The number of fused-ring (bicyclic) bond motifs is 3. The quantitative estimate of drug-likeness (QED) is 0.0476. The largest absolute Gasteiger partial charge is 0.487 e. The van der Waals surface area contributed by atoms with Gasteiger partial charge in [-0.1, -0.05) is 87.2 Å². The molecule has 3 N–H and O–H groups in total. The lowest BCUT2D eigenvalue weighted by Crippen LogP contribution is -2.48. The molecule has 105 heavy (non-hydrogen) atoms. The third-order valence-corrected chi connectivity index (χ3v) is 18.6. The number of rotatable bonds is 24. The van der Waals surface area contributed by atoms with Gasteiger partial charge in [0.2, 0.25) is 17.6 Å². The molecule has 0 fully saturated rings. The van der Waals surface area contributed by atoms with Gasteiger partial charge in [-0.15, -0.1) is 0 Å². The summed E-state index contributed by atoms with van der Waals surface area (Å²) in [6, 6.07) is 43.0. The summed E-state index contributed by atoms with van der Waals surface area (Å²) in [7, 11) is 0. The van der Waals surface area contributed by atoms with Crippen LogP contribution in [0.5, 0.6) is 29.1 Å². The number of halogens is 2. The van der Waals surface area contributed by atoms with Gasteiger partial charge in [0.25, 0.3) is 5.91 Å². The van der Waals surface area contributed by atoms with Crippen LogP contribution < -0.4 is 49.4 Å². The zero-order valence-corrected chi connectivity index (χ0v) is 62.7. The van der Waals surface area contributed by atoms with Gasteiger partial charge in [-0.3, -0.25) is 34.0 Å². The molecule has 5 aromatic carbocycles. The number of Topliss-reactive ketones (excluding diaryl/α,β-unsaturated/α-hetero) is 3. The summed E-state index contributed by atoms with van der Waals surface area (Å²) in [5.74, 6) is 2.00. The van der Waals surface area contributed by atoms with E-state index < -0.39 is 28.1 Å². The van der Waals surface area contributed by atoms with E-state index in [2.05, 4.69) is 49.7 Å². The van der Waals surface area contributed by atoms with Crippen molar-refractivity contribution in [3.8, 4) is 62.5 Å². The minimum Gasteiger partial charge on any atom is -0.487 e. The second kappa shape index (κ2) is 35.1. The van der Waals surface area contributed by atoms with E-state index in [0.717, 1.165) is 86.7 Å². The fourth-order valence-corrected chi connectivity index (χ4v) is 10.9. The fourth-order valence-electron chi connectivity index (χ4n) is 10.8. The van der Waals surface area contributed by atoms with Crippen LogP contribution in [0.4, 0.5) is 36.7 Å². The number of carbonyl (C=O) groups excluding carboxylic acids is 6. The van der Waals surface area contributed by atoms with Crippen molar-refractivity contribution in [1.82, 2.24) is 25.3 Å². The lowest BCUT2D eigenvalue weighted by atomic mass is 9.90. The molecule has 9 aromatic rings. The average Bonchev–Trinajstić information content (AvgIpc) is 0.794. The van der Waals surface area contributed by atoms with Crippen LogP contribution in [-0.2, 0) is 14.4 Å². The fraction of sp³-hybridized carbons (Fsp3) is 0.349. The van der Waals surface area contributed by atoms with Crippen molar-refractivity contribution in [3.05, 3.63) is 186 Å². The Labute approximate surface area is 618 Å². The van der Waals surface area contributed by atoms with Crippen molar-refractivity contribution in [1.29, 1.82) is 0 Å². The van der Waals surface area contributed by atoms with Crippen LogP contribution in [0.1, 0.15) is 131 Å². The first-order valence-corrected chi connectivity index (χ1v) is 35.7. The smallest absolute Gasteiger partial charge is 0.326 e.